The van der Waals surface area contributed by atoms with Crippen molar-refractivity contribution in [1.29, 1.82) is 0 Å². The number of hydrogen-bond donors (Lipinski definition) is 1. The first-order valence-electron chi connectivity index (χ1n) is 8.67. The second kappa shape index (κ2) is 4.76. The van der Waals surface area contributed by atoms with Crippen molar-refractivity contribution in [3.05, 3.63) is 0 Å². The number of hydrogen-bond acceptors (Lipinski definition) is 1. The van der Waals surface area contributed by atoms with Gasteiger partial charge in [0.2, 0.25) is 0 Å². The average Bonchev–Trinajstić information content (AvgIpc) is 2.36. The van der Waals surface area contributed by atoms with Crippen molar-refractivity contribution < 1.29 is 5.11 Å². The highest BCUT2D eigenvalue weighted by molar-refractivity contribution is 5.14. The molecule has 0 radical (unpaired) electrons. The fourth-order valence-corrected chi connectivity index (χ4v) is 6.61. The van der Waals surface area contributed by atoms with Crippen LogP contribution in [0.25, 0.3) is 0 Å². The number of aliphatic hydroxyl groups is 1. The highest BCUT2D eigenvalue weighted by Crippen LogP contribution is 2.68. The van der Waals surface area contributed by atoms with Gasteiger partial charge < -0.3 is 5.11 Å². The minimum absolute atomic E-state index is 0.401. The Morgan fingerprint density at radius 3 is 2.26 bits per heavy atom. The summed E-state index contributed by atoms with van der Waals surface area (Å²) in [4.78, 5) is 0. The third-order valence-electron chi connectivity index (χ3n) is 6.78. The predicted octanol–water partition coefficient (Wildman–Crippen LogP) is 4.78. The van der Waals surface area contributed by atoms with E-state index in [9.17, 15) is 5.11 Å². The second-order valence-electron chi connectivity index (χ2n) is 8.47. The molecular weight excluding hydrogens is 232 g/mol. The molecule has 0 aliphatic heterocycles. The summed E-state index contributed by atoms with van der Waals surface area (Å²) in [6.45, 7) is 6.98. The van der Waals surface area contributed by atoms with Crippen LogP contribution in [0.5, 0.6) is 0 Å². The van der Waals surface area contributed by atoms with Crippen LogP contribution in [-0.2, 0) is 0 Å². The molecule has 110 valence electrons. The Hall–Kier alpha value is -0.0400. The fourth-order valence-electron chi connectivity index (χ4n) is 6.61. The normalized spacial score (nSPS) is 54.9. The summed E-state index contributed by atoms with van der Waals surface area (Å²) in [5.74, 6) is 3.01. The van der Waals surface area contributed by atoms with Crippen LogP contribution in [0.3, 0.4) is 0 Å². The maximum atomic E-state index is 11.0. The van der Waals surface area contributed by atoms with Crippen LogP contribution >= 0.6 is 0 Å². The van der Waals surface area contributed by atoms with E-state index in [0.29, 0.717) is 17.3 Å². The molecule has 0 aromatic carbocycles. The molecule has 3 saturated carbocycles. The van der Waals surface area contributed by atoms with E-state index in [0.717, 1.165) is 18.3 Å². The first kappa shape index (κ1) is 13.9. The second-order valence-corrected chi connectivity index (χ2v) is 8.47. The topological polar surface area (TPSA) is 20.2 Å². The number of fused-ring (bicyclic) bond motifs is 4. The van der Waals surface area contributed by atoms with Gasteiger partial charge in [0.05, 0.1) is 5.60 Å². The van der Waals surface area contributed by atoms with Crippen molar-refractivity contribution in [2.75, 3.05) is 0 Å². The van der Waals surface area contributed by atoms with Gasteiger partial charge in [-0.3, -0.25) is 0 Å². The molecule has 6 unspecified atom stereocenters. The van der Waals surface area contributed by atoms with Gasteiger partial charge in [-0.15, -0.1) is 0 Å². The molecule has 3 aliphatic carbocycles. The van der Waals surface area contributed by atoms with Crippen LogP contribution in [0.15, 0.2) is 0 Å². The van der Waals surface area contributed by atoms with Gasteiger partial charge in [-0.2, -0.15) is 0 Å². The monoisotopic (exact) mass is 264 g/mol. The Bertz CT molecular complexity index is 335. The van der Waals surface area contributed by atoms with E-state index in [-0.39, 0.29) is 0 Å². The van der Waals surface area contributed by atoms with Crippen molar-refractivity contribution in [2.45, 2.75) is 84.2 Å². The molecule has 1 N–H and O–H groups in total. The summed E-state index contributed by atoms with van der Waals surface area (Å²) in [6, 6.07) is 0. The van der Waals surface area contributed by atoms with Crippen molar-refractivity contribution in [3.63, 3.8) is 0 Å². The summed E-state index contributed by atoms with van der Waals surface area (Å²) in [5, 5.41) is 11.0. The Labute approximate surface area is 119 Å². The van der Waals surface area contributed by atoms with E-state index in [1.807, 2.05) is 0 Å². The van der Waals surface area contributed by atoms with Gasteiger partial charge in [0, 0.05) is 0 Å². The van der Waals surface area contributed by atoms with Gasteiger partial charge in [-0.1, -0.05) is 46.0 Å². The minimum Gasteiger partial charge on any atom is -0.390 e. The molecule has 3 aliphatic rings. The van der Waals surface area contributed by atoms with Crippen LogP contribution < -0.4 is 0 Å². The third kappa shape index (κ3) is 2.17. The highest BCUT2D eigenvalue weighted by Gasteiger charge is 2.65. The largest absolute Gasteiger partial charge is 0.390 e. The molecule has 0 spiro atoms. The lowest BCUT2D eigenvalue weighted by Gasteiger charge is -2.68. The van der Waals surface area contributed by atoms with Crippen molar-refractivity contribution in [1.82, 2.24) is 0 Å². The van der Waals surface area contributed by atoms with Crippen molar-refractivity contribution in [2.24, 2.45) is 29.1 Å². The average molecular weight is 264 g/mol. The zero-order chi connectivity index (χ0) is 13.7. The van der Waals surface area contributed by atoms with E-state index in [1.165, 1.54) is 51.4 Å². The van der Waals surface area contributed by atoms with Crippen LogP contribution in [0.2, 0.25) is 0 Å². The Kier molecular flexibility index (Phi) is 3.48. The lowest BCUT2D eigenvalue weighted by molar-refractivity contribution is -0.245. The van der Waals surface area contributed by atoms with Crippen LogP contribution in [0, 0.1) is 29.1 Å². The molecule has 0 bridgehead atoms. The van der Waals surface area contributed by atoms with Gasteiger partial charge in [-0.25, -0.2) is 0 Å². The van der Waals surface area contributed by atoms with E-state index >= 15 is 0 Å². The lowest BCUT2D eigenvalue weighted by Crippen LogP contribution is -2.66. The molecule has 19 heavy (non-hydrogen) atoms. The highest BCUT2D eigenvalue weighted by atomic mass is 16.3. The molecule has 6 atom stereocenters. The summed E-state index contributed by atoms with van der Waals surface area (Å²) < 4.78 is 0. The molecular formula is C18H32O. The van der Waals surface area contributed by atoms with Crippen LogP contribution in [-0.4, -0.2) is 10.7 Å². The number of rotatable bonds is 0. The Morgan fingerprint density at radius 1 is 0.895 bits per heavy atom. The van der Waals surface area contributed by atoms with E-state index in [1.54, 1.807) is 0 Å². The molecule has 1 heteroatoms. The molecule has 0 heterocycles. The van der Waals surface area contributed by atoms with Crippen LogP contribution in [0.4, 0.5) is 0 Å². The quantitative estimate of drug-likeness (QED) is 0.667. The summed E-state index contributed by atoms with van der Waals surface area (Å²) >= 11 is 0. The third-order valence-corrected chi connectivity index (χ3v) is 6.78. The SMILES string of the molecule is CC1CC(C)(O)C2C3CCCCCCCC3C2(C)C1. The van der Waals surface area contributed by atoms with Gasteiger partial charge >= 0.3 is 0 Å². The summed E-state index contributed by atoms with van der Waals surface area (Å²) in [5.41, 5.74) is 0.0395. The first-order valence-corrected chi connectivity index (χ1v) is 8.67. The predicted molar refractivity (Wildman–Crippen MR) is 79.9 cm³/mol. The molecule has 0 saturated heterocycles. The van der Waals surface area contributed by atoms with Gasteiger partial charge in [0.1, 0.15) is 0 Å². The molecule has 0 amide bonds. The fraction of sp³-hybridized carbons (Fsp3) is 1.00. The zero-order valence-electron chi connectivity index (χ0n) is 13.1. The van der Waals surface area contributed by atoms with E-state index in [4.69, 9.17) is 0 Å². The van der Waals surface area contributed by atoms with Gasteiger partial charge in [0.25, 0.3) is 0 Å². The zero-order valence-corrected chi connectivity index (χ0v) is 13.1. The maximum absolute atomic E-state index is 11.0. The lowest BCUT2D eigenvalue weighted by atomic mass is 9.37. The minimum atomic E-state index is -0.401. The van der Waals surface area contributed by atoms with Crippen molar-refractivity contribution in [3.8, 4) is 0 Å². The van der Waals surface area contributed by atoms with Crippen molar-refractivity contribution >= 4 is 0 Å². The Morgan fingerprint density at radius 2 is 1.53 bits per heavy atom. The smallest absolute Gasteiger partial charge is 0.0658 e. The molecule has 0 aromatic heterocycles. The standard InChI is InChI=1S/C18H32O/c1-13-11-17(2)15-10-8-6-4-5-7-9-14(15)16(17)18(3,19)12-13/h13-16,19H,4-12H2,1-3H3. The van der Waals surface area contributed by atoms with E-state index < -0.39 is 5.60 Å². The molecule has 0 aromatic rings. The first-order chi connectivity index (χ1) is 8.95. The summed E-state index contributed by atoms with van der Waals surface area (Å²) in [6.07, 6.45) is 12.3. The molecule has 1 nitrogen and oxygen atoms in total. The summed E-state index contributed by atoms with van der Waals surface area (Å²) in [7, 11) is 0. The molecule has 3 fully saturated rings. The maximum Gasteiger partial charge on any atom is 0.0658 e. The Balaban J connectivity index is 1.85. The molecule has 3 rings (SSSR count). The van der Waals surface area contributed by atoms with E-state index in [2.05, 4.69) is 20.8 Å². The van der Waals surface area contributed by atoms with Gasteiger partial charge in [-0.05, 0) is 61.7 Å². The van der Waals surface area contributed by atoms with Gasteiger partial charge in [0.15, 0.2) is 0 Å². The van der Waals surface area contributed by atoms with Crippen LogP contribution in [0.1, 0.15) is 78.6 Å².